The summed E-state index contributed by atoms with van der Waals surface area (Å²) in [7, 11) is 0. The van der Waals surface area contributed by atoms with Crippen LogP contribution in [0.3, 0.4) is 0 Å². The van der Waals surface area contributed by atoms with Gasteiger partial charge < -0.3 is 20.9 Å². The number of fused-ring (bicyclic) bond motifs is 1. The van der Waals surface area contributed by atoms with Crippen molar-refractivity contribution < 1.29 is 41.8 Å². The van der Waals surface area contributed by atoms with E-state index in [0.29, 0.717) is 17.5 Å². The summed E-state index contributed by atoms with van der Waals surface area (Å²) in [5.74, 6) is 0.279. The second kappa shape index (κ2) is 11.6. The molecule has 36 heavy (non-hydrogen) atoms. The van der Waals surface area contributed by atoms with Gasteiger partial charge in [-0.1, -0.05) is 12.1 Å². The van der Waals surface area contributed by atoms with Crippen molar-refractivity contribution in [3.05, 3.63) is 71.7 Å². The van der Waals surface area contributed by atoms with Crippen molar-refractivity contribution in [2.24, 2.45) is 0 Å². The minimum atomic E-state index is -0.452. The molecule has 1 radical (unpaired) electrons. The van der Waals surface area contributed by atoms with Gasteiger partial charge in [0.05, 0.1) is 20.8 Å². The summed E-state index contributed by atoms with van der Waals surface area (Å²) in [5.41, 5.74) is 10.7. The number of rotatable bonds is 8. The van der Waals surface area contributed by atoms with Crippen molar-refractivity contribution in [1.82, 2.24) is 25.6 Å². The van der Waals surface area contributed by atoms with Crippen LogP contribution in [0, 0.1) is 5.82 Å². The number of piperazine rings is 1. The number of nitrogens with zero attached hydrogens (tertiary/aromatic N) is 4. The van der Waals surface area contributed by atoms with Gasteiger partial charge in [0.15, 0.2) is 11.6 Å². The molecule has 2 aliphatic rings. The van der Waals surface area contributed by atoms with Crippen molar-refractivity contribution in [1.29, 1.82) is 0 Å². The fourth-order valence-corrected chi connectivity index (χ4v) is 5.09. The van der Waals surface area contributed by atoms with Crippen LogP contribution in [0.1, 0.15) is 18.4 Å². The number of ether oxygens (including phenoxy) is 1. The minimum Gasteiger partial charge on any atom is -0.622 e. The molecule has 4 aromatic rings. The van der Waals surface area contributed by atoms with Gasteiger partial charge in [0.25, 0.3) is 0 Å². The molecular formula is C26H26FN6OSY-. The molecule has 0 atom stereocenters. The standard InChI is InChI=1S/C26H26FN6OS.Y/c27-20-13-19(32-31-18-2-3-18)4-6-23(20)34-24-7-8-29-22-14-25(35-26(22)24)21-5-1-17(15-30-21)16-33-11-9-28-10-12-33;/h1,4-8,13-15,18,28,31H,2-3,9-12,16H2;/q-1;. The maximum Gasteiger partial charge on any atom is 0.164 e. The zero-order valence-corrected chi connectivity index (χ0v) is 23.4. The average Bonchev–Trinajstić information content (AvgIpc) is 3.61. The summed E-state index contributed by atoms with van der Waals surface area (Å²) in [5, 5.41) is 3.38. The first kappa shape index (κ1) is 25.6. The van der Waals surface area contributed by atoms with Gasteiger partial charge in [-0.3, -0.25) is 14.9 Å². The predicted molar refractivity (Wildman–Crippen MR) is 137 cm³/mol. The van der Waals surface area contributed by atoms with E-state index in [2.05, 4.69) is 38.2 Å². The Kier molecular flexibility index (Phi) is 8.25. The van der Waals surface area contributed by atoms with Gasteiger partial charge in [-0.15, -0.1) is 17.0 Å². The number of halogens is 1. The summed E-state index contributed by atoms with van der Waals surface area (Å²) < 4.78 is 21.5. The first-order valence-electron chi connectivity index (χ1n) is 11.9. The van der Waals surface area contributed by atoms with E-state index in [1.165, 1.54) is 11.6 Å². The van der Waals surface area contributed by atoms with Crippen LogP contribution in [0.25, 0.3) is 26.2 Å². The summed E-state index contributed by atoms with van der Waals surface area (Å²) >= 11 is 1.55. The Morgan fingerprint density at radius 1 is 1.08 bits per heavy atom. The average molecular weight is 579 g/mol. The third kappa shape index (κ3) is 6.10. The summed E-state index contributed by atoms with van der Waals surface area (Å²) in [6.07, 6.45) is 5.86. The van der Waals surface area contributed by atoms with Crippen molar-refractivity contribution in [2.75, 3.05) is 26.2 Å². The molecule has 2 N–H and O–H groups in total. The zero-order valence-electron chi connectivity index (χ0n) is 19.8. The second-order valence-electron chi connectivity index (χ2n) is 8.94. The number of nitrogens with one attached hydrogen (secondary N) is 2. The fraction of sp³-hybridized carbons (Fsp3) is 0.308. The largest absolute Gasteiger partial charge is 0.622 e. The smallest absolute Gasteiger partial charge is 0.164 e. The van der Waals surface area contributed by atoms with Gasteiger partial charge >= 0.3 is 0 Å². The van der Waals surface area contributed by atoms with Crippen LogP contribution in [-0.4, -0.2) is 47.1 Å². The van der Waals surface area contributed by atoms with E-state index >= 15 is 0 Å². The van der Waals surface area contributed by atoms with E-state index in [4.69, 9.17) is 9.72 Å². The molecule has 0 amide bonds. The first-order chi connectivity index (χ1) is 17.2. The SMILES string of the molecule is Fc1cc([N-]NC2CC2)ccc1Oc1ccnc2cc(-c3ccc(CN4CCNCC4)cn3)sc12.[Y]. The molecular weight excluding hydrogens is 552 g/mol. The molecule has 3 aromatic heterocycles. The number of pyridine rings is 2. The van der Waals surface area contributed by atoms with Crippen LogP contribution in [0.4, 0.5) is 10.1 Å². The molecule has 1 aliphatic carbocycles. The maximum atomic E-state index is 14.7. The van der Waals surface area contributed by atoms with Crippen LogP contribution in [0.5, 0.6) is 11.5 Å². The number of thiophene rings is 1. The van der Waals surface area contributed by atoms with E-state index in [-0.39, 0.29) is 38.5 Å². The maximum absolute atomic E-state index is 14.7. The Balaban J connectivity index is 0.00000267. The molecule has 0 unspecified atom stereocenters. The third-order valence-corrected chi connectivity index (χ3v) is 7.32. The van der Waals surface area contributed by atoms with Gasteiger partial charge in [0.2, 0.25) is 0 Å². The molecule has 1 saturated carbocycles. The zero-order chi connectivity index (χ0) is 23.6. The van der Waals surface area contributed by atoms with Gasteiger partial charge in [0.1, 0.15) is 5.75 Å². The Morgan fingerprint density at radius 2 is 1.94 bits per heavy atom. The molecule has 0 spiro atoms. The van der Waals surface area contributed by atoms with E-state index in [1.807, 2.05) is 12.3 Å². The van der Waals surface area contributed by atoms with Gasteiger partial charge in [0, 0.05) is 83.9 Å². The Labute approximate surface area is 238 Å². The van der Waals surface area contributed by atoms with Crippen LogP contribution in [0.2, 0.25) is 0 Å². The van der Waals surface area contributed by atoms with Crippen molar-refractivity contribution in [2.45, 2.75) is 25.4 Å². The van der Waals surface area contributed by atoms with E-state index in [0.717, 1.165) is 66.4 Å². The monoisotopic (exact) mass is 578 g/mol. The Bertz CT molecular complexity index is 1320. The van der Waals surface area contributed by atoms with Gasteiger partial charge in [-0.25, -0.2) is 4.39 Å². The Hall–Kier alpha value is -2.01. The topological polar surface area (TPSA) is 76.4 Å². The predicted octanol–water partition coefficient (Wildman–Crippen LogP) is 5.36. The fourth-order valence-electron chi connectivity index (χ4n) is 4.05. The Morgan fingerprint density at radius 3 is 2.69 bits per heavy atom. The van der Waals surface area contributed by atoms with Gasteiger partial charge in [-0.05, 0) is 48.7 Å². The molecule has 1 aromatic carbocycles. The summed E-state index contributed by atoms with van der Waals surface area (Å²) in [6, 6.07) is 13.1. The van der Waals surface area contributed by atoms with E-state index < -0.39 is 5.82 Å². The molecule has 6 rings (SSSR count). The molecule has 1 saturated heterocycles. The molecule has 10 heteroatoms. The number of hydrogen-bond donors (Lipinski definition) is 2. The first-order valence-corrected chi connectivity index (χ1v) is 12.7. The van der Waals surface area contributed by atoms with Crippen LogP contribution < -0.4 is 15.5 Å². The van der Waals surface area contributed by atoms with Crippen molar-refractivity contribution in [3.63, 3.8) is 0 Å². The molecule has 1 aliphatic heterocycles. The summed E-state index contributed by atoms with van der Waals surface area (Å²) in [6.45, 7) is 5.09. The summed E-state index contributed by atoms with van der Waals surface area (Å²) in [4.78, 5) is 12.6. The molecule has 7 nitrogen and oxygen atoms in total. The quantitative estimate of drug-likeness (QED) is 0.274. The van der Waals surface area contributed by atoms with Crippen LogP contribution in [-0.2, 0) is 39.3 Å². The number of benzene rings is 1. The number of aromatic nitrogens is 2. The van der Waals surface area contributed by atoms with Crippen molar-refractivity contribution in [3.8, 4) is 22.1 Å². The molecule has 0 bridgehead atoms. The van der Waals surface area contributed by atoms with E-state index in [1.54, 1.807) is 35.7 Å². The van der Waals surface area contributed by atoms with Crippen molar-refractivity contribution >= 4 is 27.2 Å². The van der Waals surface area contributed by atoms with Crippen LogP contribution >= 0.6 is 11.3 Å². The minimum absolute atomic E-state index is 0. The van der Waals surface area contributed by atoms with Crippen LogP contribution in [0.15, 0.2) is 54.9 Å². The van der Waals surface area contributed by atoms with Gasteiger partial charge in [-0.2, -0.15) is 0 Å². The number of hydrogen-bond acceptors (Lipinski definition) is 7. The normalized spacial score (nSPS) is 16.0. The molecule has 183 valence electrons. The third-order valence-electron chi connectivity index (χ3n) is 6.16. The second-order valence-corrected chi connectivity index (χ2v) is 10.00. The molecule has 4 heterocycles. The van der Waals surface area contributed by atoms with E-state index in [9.17, 15) is 4.39 Å². The molecule has 2 fully saturated rings.